The van der Waals surface area contributed by atoms with Gasteiger partial charge in [-0.05, 0) is 99.2 Å². The number of unbranched alkanes of at least 4 members (excludes halogenated alkanes) is 13. The van der Waals surface area contributed by atoms with Crippen LogP contribution in [-0.2, 0) is 13.1 Å². The number of fused-ring (bicyclic) bond motifs is 6. The first-order valence-electron chi connectivity index (χ1n) is 19.3. The standard InChI is InChI=1S/C46H58N2/c1-5-7-9-11-13-15-17-19-29-47-43-25-21-35(3)31-39(43)41-33-37(23-27-45(41)47)38-24-28-46-42(34-38)40-32-36(4)22-26-44(40)48(46)30-20-18-16-14-12-10-8-6-2/h5,21-28,31-34H,1,6-20,29-30H2,2-4H3. The lowest BCUT2D eigenvalue weighted by atomic mass is 10.00. The van der Waals surface area contributed by atoms with Crippen LogP contribution >= 0.6 is 0 Å². The molecule has 252 valence electrons. The molecule has 0 aliphatic rings. The number of nitrogens with zero attached hydrogens (tertiary/aromatic N) is 2. The molecule has 0 radical (unpaired) electrons. The van der Waals surface area contributed by atoms with E-state index in [0.29, 0.717) is 0 Å². The first kappa shape index (κ1) is 34.1. The van der Waals surface area contributed by atoms with Gasteiger partial charge in [0.15, 0.2) is 0 Å². The summed E-state index contributed by atoms with van der Waals surface area (Å²) in [6.45, 7) is 12.8. The minimum atomic E-state index is 1.08. The molecular formula is C46H58N2. The van der Waals surface area contributed by atoms with Crippen molar-refractivity contribution in [1.29, 1.82) is 0 Å². The first-order valence-corrected chi connectivity index (χ1v) is 19.3. The van der Waals surface area contributed by atoms with Crippen molar-refractivity contribution in [3.63, 3.8) is 0 Å². The molecule has 6 rings (SSSR count). The molecule has 2 nitrogen and oxygen atoms in total. The highest BCUT2D eigenvalue weighted by atomic mass is 15.0. The van der Waals surface area contributed by atoms with Gasteiger partial charge in [0.05, 0.1) is 0 Å². The molecular weight excluding hydrogens is 581 g/mol. The number of benzene rings is 4. The predicted molar refractivity (Wildman–Crippen MR) is 212 cm³/mol. The summed E-state index contributed by atoms with van der Waals surface area (Å²) in [5.41, 5.74) is 10.8. The monoisotopic (exact) mass is 638 g/mol. The smallest absolute Gasteiger partial charge is 0.0491 e. The summed E-state index contributed by atoms with van der Waals surface area (Å²) >= 11 is 0. The van der Waals surface area contributed by atoms with Gasteiger partial charge in [-0.3, -0.25) is 0 Å². The Morgan fingerprint density at radius 2 is 0.833 bits per heavy atom. The third-order valence-corrected chi connectivity index (χ3v) is 10.6. The van der Waals surface area contributed by atoms with Crippen LogP contribution in [0.25, 0.3) is 54.7 Å². The van der Waals surface area contributed by atoms with Crippen LogP contribution in [0, 0.1) is 13.8 Å². The second kappa shape index (κ2) is 16.6. The molecule has 0 spiro atoms. The van der Waals surface area contributed by atoms with Crippen molar-refractivity contribution in [3.8, 4) is 11.1 Å². The van der Waals surface area contributed by atoms with Crippen molar-refractivity contribution in [3.05, 3.63) is 96.6 Å². The molecule has 4 aromatic carbocycles. The number of hydrogen-bond donors (Lipinski definition) is 0. The fraction of sp³-hybridized carbons (Fsp3) is 0.435. The van der Waals surface area contributed by atoms with Crippen LogP contribution in [-0.4, -0.2) is 9.13 Å². The van der Waals surface area contributed by atoms with E-state index in [0.717, 1.165) is 19.5 Å². The molecule has 2 heteroatoms. The highest BCUT2D eigenvalue weighted by Gasteiger charge is 2.15. The molecule has 0 fully saturated rings. The Hall–Kier alpha value is -3.78. The number of hydrogen-bond acceptors (Lipinski definition) is 0. The Balaban J connectivity index is 1.25. The third-order valence-electron chi connectivity index (χ3n) is 10.6. The number of aromatic nitrogens is 2. The maximum atomic E-state index is 3.86. The molecule has 0 atom stereocenters. The van der Waals surface area contributed by atoms with Crippen LogP contribution in [0.3, 0.4) is 0 Å². The van der Waals surface area contributed by atoms with Crippen LogP contribution in [0.5, 0.6) is 0 Å². The van der Waals surface area contributed by atoms with Gasteiger partial charge in [0, 0.05) is 56.7 Å². The summed E-state index contributed by atoms with van der Waals surface area (Å²) in [5.74, 6) is 0. The highest BCUT2D eigenvalue weighted by Crippen LogP contribution is 2.37. The van der Waals surface area contributed by atoms with Crippen molar-refractivity contribution in [1.82, 2.24) is 9.13 Å². The average Bonchev–Trinajstić information content (AvgIpc) is 3.57. The van der Waals surface area contributed by atoms with Gasteiger partial charge in [-0.1, -0.05) is 119 Å². The van der Waals surface area contributed by atoms with E-state index in [4.69, 9.17) is 0 Å². The van der Waals surface area contributed by atoms with Gasteiger partial charge in [-0.2, -0.15) is 0 Å². The van der Waals surface area contributed by atoms with E-state index < -0.39 is 0 Å². The molecule has 0 amide bonds. The fourth-order valence-electron chi connectivity index (χ4n) is 7.95. The van der Waals surface area contributed by atoms with E-state index in [2.05, 4.69) is 109 Å². The van der Waals surface area contributed by atoms with Crippen molar-refractivity contribution in [2.45, 2.75) is 130 Å². The molecule has 0 saturated carbocycles. The lowest BCUT2D eigenvalue weighted by Gasteiger charge is -2.09. The minimum Gasteiger partial charge on any atom is -0.340 e. The Labute approximate surface area is 289 Å². The molecule has 0 saturated heterocycles. The molecule has 0 aliphatic carbocycles. The Morgan fingerprint density at radius 1 is 0.458 bits per heavy atom. The molecule has 0 aliphatic heterocycles. The topological polar surface area (TPSA) is 9.86 Å². The van der Waals surface area contributed by atoms with Gasteiger partial charge in [0.1, 0.15) is 0 Å². The number of allylic oxidation sites excluding steroid dienone is 1. The van der Waals surface area contributed by atoms with E-state index in [1.54, 1.807) is 0 Å². The maximum absolute atomic E-state index is 3.86. The van der Waals surface area contributed by atoms with Gasteiger partial charge >= 0.3 is 0 Å². The van der Waals surface area contributed by atoms with Crippen molar-refractivity contribution >= 4 is 43.6 Å². The molecule has 2 aromatic heterocycles. The summed E-state index contributed by atoms with van der Waals surface area (Å²) in [5, 5.41) is 5.53. The average molecular weight is 639 g/mol. The normalized spacial score (nSPS) is 11.9. The van der Waals surface area contributed by atoms with Gasteiger partial charge in [-0.25, -0.2) is 0 Å². The second-order valence-corrected chi connectivity index (χ2v) is 14.5. The van der Waals surface area contributed by atoms with Crippen LogP contribution in [0.1, 0.15) is 114 Å². The molecule has 0 unspecified atom stereocenters. The second-order valence-electron chi connectivity index (χ2n) is 14.5. The molecule has 2 heterocycles. The molecule has 0 bridgehead atoms. The number of rotatable bonds is 19. The summed E-state index contributed by atoms with van der Waals surface area (Å²) in [6, 6.07) is 28.4. The maximum Gasteiger partial charge on any atom is 0.0491 e. The summed E-state index contributed by atoms with van der Waals surface area (Å²) in [7, 11) is 0. The molecule has 48 heavy (non-hydrogen) atoms. The van der Waals surface area contributed by atoms with Crippen molar-refractivity contribution in [2.24, 2.45) is 0 Å². The van der Waals surface area contributed by atoms with Gasteiger partial charge in [0.25, 0.3) is 0 Å². The highest BCUT2D eigenvalue weighted by molar-refractivity contribution is 6.11. The minimum absolute atomic E-state index is 1.08. The van der Waals surface area contributed by atoms with Gasteiger partial charge in [0.2, 0.25) is 0 Å². The van der Waals surface area contributed by atoms with Gasteiger partial charge < -0.3 is 9.13 Å². The van der Waals surface area contributed by atoms with E-state index in [1.807, 2.05) is 6.08 Å². The molecule has 6 aromatic rings. The lowest BCUT2D eigenvalue weighted by molar-refractivity contribution is 0.553. The quantitative estimate of drug-likeness (QED) is 0.0617. The SMILES string of the molecule is C=CCCCCCCCCn1c2ccc(C)cc2c2cc(-c3ccc4c(c3)c3cc(C)ccc3n4CCCCCCCCCC)ccc21. The Bertz CT molecular complexity index is 1970. The lowest BCUT2D eigenvalue weighted by Crippen LogP contribution is -1.98. The van der Waals surface area contributed by atoms with Crippen LogP contribution in [0.15, 0.2) is 85.5 Å². The zero-order valence-corrected chi connectivity index (χ0v) is 30.1. The van der Waals surface area contributed by atoms with Gasteiger partial charge in [-0.15, -0.1) is 6.58 Å². The van der Waals surface area contributed by atoms with Crippen molar-refractivity contribution < 1.29 is 0 Å². The zero-order valence-electron chi connectivity index (χ0n) is 30.1. The molecule has 0 N–H and O–H groups in total. The van der Waals surface area contributed by atoms with Crippen LogP contribution in [0.2, 0.25) is 0 Å². The van der Waals surface area contributed by atoms with Crippen LogP contribution in [0.4, 0.5) is 0 Å². The summed E-state index contributed by atoms with van der Waals surface area (Å²) in [4.78, 5) is 0. The Kier molecular flexibility index (Phi) is 11.8. The van der Waals surface area contributed by atoms with E-state index >= 15 is 0 Å². The summed E-state index contributed by atoms with van der Waals surface area (Å²) in [6.07, 6.45) is 21.8. The third kappa shape index (κ3) is 7.75. The van der Waals surface area contributed by atoms with E-state index in [9.17, 15) is 0 Å². The summed E-state index contributed by atoms with van der Waals surface area (Å²) < 4.78 is 5.17. The van der Waals surface area contributed by atoms with Crippen LogP contribution < -0.4 is 0 Å². The van der Waals surface area contributed by atoms with Crippen molar-refractivity contribution in [2.75, 3.05) is 0 Å². The zero-order chi connectivity index (χ0) is 33.3. The fourth-order valence-corrected chi connectivity index (χ4v) is 7.95. The predicted octanol–water partition coefficient (Wildman–Crippen LogP) is 14.2. The largest absolute Gasteiger partial charge is 0.340 e. The Morgan fingerprint density at radius 3 is 1.27 bits per heavy atom. The van der Waals surface area contributed by atoms with E-state index in [-0.39, 0.29) is 0 Å². The number of aryl methyl sites for hydroxylation is 4. The van der Waals surface area contributed by atoms with E-state index in [1.165, 1.54) is 156 Å². The first-order chi connectivity index (χ1) is 23.6.